The number of hydrogen-bond donors (Lipinski definition) is 6. The van der Waals surface area contributed by atoms with Crippen molar-refractivity contribution in [3.8, 4) is 5.75 Å². The molecule has 0 spiro atoms. The van der Waals surface area contributed by atoms with Crippen molar-refractivity contribution >= 4 is 12.0 Å². The lowest BCUT2D eigenvalue weighted by Crippen LogP contribution is -2.55. The van der Waals surface area contributed by atoms with Crippen LogP contribution in [-0.2, 0) is 16.0 Å². The van der Waals surface area contributed by atoms with Crippen molar-refractivity contribution in [1.29, 1.82) is 0 Å². The number of rotatable bonds is 11. The van der Waals surface area contributed by atoms with E-state index in [1.165, 1.54) is 7.11 Å². The molecule has 5 atom stereocenters. The van der Waals surface area contributed by atoms with Crippen LogP contribution in [0.2, 0.25) is 0 Å². The Bertz CT molecular complexity index is 1240. The average molecular weight is 586 g/mol. The molecular weight excluding hydrogens is 538 g/mol. The lowest BCUT2D eigenvalue weighted by atomic mass is 9.86. The van der Waals surface area contributed by atoms with Gasteiger partial charge < -0.3 is 40.3 Å². The maximum atomic E-state index is 12.7. The summed E-state index contributed by atoms with van der Waals surface area (Å²) in [6, 6.07) is 11.8. The highest BCUT2D eigenvalue weighted by Crippen LogP contribution is 2.40. The van der Waals surface area contributed by atoms with Gasteiger partial charge in [0.25, 0.3) is 0 Å². The van der Waals surface area contributed by atoms with Crippen LogP contribution < -0.4 is 10.1 Å². The third-order valence-corrected chi connectivity index (χ3v) is 7.81. The lowest BCUT2D eigenvalue weighted by Gasteiger charge is -2.40. The molecule has 0 bridgehead atoms. The van der Waals surface area contributed by atoms with E-state index in [0.29, 0.717) is 17.7 Å². The minimum atomic E-state index is -1.49. The molecule has 0 unspecified atom stereocenters. The molecule has 0 aromatic heterocycles. The number of methoxy groups -OCH3 is 1. The van der Waals surface area contributed by atoms with Gasteiger partial charge in [0.2, 0.25) is 5.91 Å². The predicted octanol–water partition coefficient (Wildman–Crippen LogP) is 2.85. The van der Waals surface area contributed by atoms with Gasteiger partial charge in [-0.05, 0) is 74.4 Å². The molecule has 1 aliphatic heterocycles. The summed E-state index contributed by atoms with van der Waals surface area (Å²) in [6.07, 6.45) is -2.05. The van der Waals surface area contributed by atoms with Gasteiger partial charge >= 0.3 is 0 Å². The first kappa shape index (κ1) is 33.7. The zero-order valence-corrected chi connectivity index (χ0v) is 25.7. The number of carbonyl (C=O) groups is 1. The first-order chi connectivity index (χ1) is 19.6. The summed E-state index contributed by atoms with van der Waals surface area (Å²) in [6.45, 7) is 10.7. The molecule has 3 rings (SSSR count). The van der Waals surface area contributed by atoms with Crippen molar-refractivity contribution in [2.24, 2.45) is 5.41 Å². The zero-order valence-electron chi connectivity index (χ0n) is 25.7. The highest BCUT2D eigenvalue weighted by atomic mass is 16.5. The Morgan fingerprint density at radius 3 is 2.21 bits per heavy atom. The van der Waals surface area contributed by atoms with Crippen LogP contribution in [0.15, 0.2) is 42.5 Å². The van der Waals surface area contributed by atoms with Gasteiger partial charge in [0.1, 0.15) is 36.3 Å². The van der Waals surface area contributed by atoms with Crippen molar-refractivity contribution in [3.05, 3.63) is 70.3 Å². The van der Waals surface area contributed by atoms with Crippen LogP contribution in [0.3, 0.4) is 0 Å². The second-order valence-corrected chi connectivity index (χ2v) is 12.7. The molecule has 9 nitrogen and oxygen atoms in total. The number of hydrogen-bond acceptors (Lipinski definition) is 8. The van der Waals surface area contributed by atoms with Gasteiger partial charge in [-0.2, -0.15) is 0 Å². The minimum Gasteiger partial charge on any atom is -0.496 e. The Morgan fingerprint density at radius 2 is 1.67 bits per heavy atom. The molecule has 232 valence electrons. The molecule has 1 amide bonds. The number of aliphatic hydroxyl groups excluding tert-OH is 5. The molecule has 0 radical (unpaired) electrons. The van der Waals surface area contributed by atoms with Gasteiger partial charge in [-0.1, -0.05) is 50.3 Å². The van der Waals surface area contributed by atoms with E-state index in [1.807, 2.05) is 62.4 Å². The quantitative estimate of drug-likeness (QED) is 0.236. The maximum absolute atomic E-state index is 12.7. The Hall–Kier alpha value is -2.79. The van der Waals surface area contributed by atoms with Crippen LogP contribution in [0.25, 0.3) is 6.08 Å². The molecule has 0 saturated carbocycles. The van der Waals surface area contributed by atoms with Crippen molar-refractivity contribution in [3.63, 3.8) is 0 Å². The summed E-state index contributed by atoms with van der Waals surface area (Å²) in [4.78, 5) is 12.7. The molecule has 2 aromatic rings. The first-order valence-corrected chi connectivity index (χ1v) is 14.4. The van der Waals surface area contributed by atoms with Crippen LogP contribution in [-0.4, -0.2) is 81.7 Å². The third-order valence-electron chi connectivity index (χ3n) is 7.81. The lowest BCUT2D eigenvalue weighted by molar-refractivity contribution is -0.232. The molecule has 0 aliphatic carbocycles. The van der Waals surface area contributed by atoms with Crippen LogP contribution in [0, 0.1) is 5.41 Å². The van der Waals surface area contributed by atoms with E-state index in [9.17, 15) is 30.3 Å². The van der Waals surface area contributed by atoms with Gasteiger partial charge in [0, 0.05) is 5.56 Å². The van der Waals surface area contributed by atoms with Crippen LogP contribution in [0.1, 0.15) is 81.4 Å². The minimum absolute atomic E-state index is 0.156. The number of ether oxygens (including phenoxy) is 2. The monoisotopic (exact) mass is 585 g/mol. The average Bonchev–Trinajstić information content (AvgIpc) is 2.95. The fraction of sp³-hybridized carbons (Fsp3) is 0.545. The highest BCUT2D eigenvalue weighted by Gasteiger charge is 2.45. The Labute approximate surface area is 248 Å². The van der Waals surface area contributed by atoms with Gasteiger partial charge in [-0.25, -0.2) is 0 Å². The summed E-state index contributed by atoms with van der Waals surface area (Å²) in [5.41, 5.74) is 3.07. The summed E-state index contributed by atoms with van der Waals surface area (Å²) >= 11 is 0. The van der Waals surface area contributed by atoms with Crippen molar-refractivity contribution in [2.45, 2.75) is 89.9 Å². The Kier molecular flexibility index (Phi) is 11.0. The highest BCUT2D eigenvalue weighted by molar-refractivity contribution is 5.85. The molecule has 1 heterocycles. The first-order valence-electron chi connectivity index (χ1n) is 14.4. The van der Waals surface area contributed by atoms with E-state index in [0.717, 1.165) is 22.3 Å². The van der Waals surface area contributed by atoms with E-state index in [-0.39, 0.29) is 18.4 Å². The molecule has 1 fully saturated rings. The molecule has 1 aliphatic rings. The van der Waals surface area contributed by atoms with Crippen LogP contribution >= 0.6 is 0 Å². The summed E-state index contributed by atoms with van der Waals surface area (Å²) < 4.78 is 11.5. The molecule has 1 saturated heterocycles. The van der Waals surface area contributed by atoms with Crippen molar-refractivity contribution < 1.29 is 39.8 Å². The van der Waals surface area contributed by atoms with E-state index < -0.39 is 48.1 Å². The number of amides is 1. The predicted molar refractivity (Wildman–Crippen MR) is 161 cm³/mol. The maximum Gasteiger partial charge on any atom is 0.229 e. The Morgan fingerprint density at radius 1 is 1.02 bits per heavy atom. The fourth-order valence-electron chi connectivity index (χ4n) is 4.96. The van der Waals surface area contributed by atoms with Gasteiger partial charge in [-0.3, -0.25) is 4.79 Å². The molecule has 9 heteroatoms. The summed E-state index contributed by atoms with van der Waals surface area (Å²) in [7, 11) is 1.53. The topological polar surface area (TPSA) is 149 Å². The third kappa shape index (κ3) is 7.78. The van der Waals surface area contributed by atoms with E-state index in [4.69, 9.17) is 9.47 Å². The van der Waals surface area contributed by atoms with Crippen molar-refractivity contribution in [1.82, 2.24) is 5.32 Å². The second-order valence-electron chi connectivity index (χ2n) is 12.7. The zero-order chi connectivity index (χ0) is 31.4. The fourth-order valence-corrected chi connectivity index (χ4v) is 4.96. The molecule has 42 heavy (non-hydrogen) atoms. The number of carbonyl (C=O) groups excluding carboxylic acids is 1. The number of aliphatic hydroxyl groups is 5. The summed E-state index contributed by atoms with van der Waals surface area (Å²) in [5.74, 6) is 0.482. The van der Waals surface area contributed by atoms with Crippen LogP contribution in [0.4, 0.5) is 0 Å². The molecule has 6 N–H and O–H groups in total. The van der Waals surface area contributed by atoms with Gasteiger partial charge in [-0.15, -0.1) is 0 Å². The van der Waals surface area contributed by atoms with Gasteiger partial charge in [0.15, 0.2) is 0 Å². The standard InChI is InChI=1S/C33H47NO8/c1-19(2)23-16-25(41-7)24(30-29(39)28(38)27(37)26(17-35)42-30)15-22(23)14-21-10-8-20(9-11-21)12-13-32(3,4)31(40)34-33(5,6)18-36/h8-13,15-16,19,26-30,35-39H,14,17-18H2,1-7H3,(H,34,40)/b13-12+/t26-,27-,28+,29-,30+/m1/s1. The molecule has 2 aromatic carbocycles. The van der Waals surface area contributed by atoms with E-state index in [2.05, 4.69) is 19.2 Å². The second kappa shape index (κ2) is 13.7. The normalized spacial score (nSPS) is 23.4. The van der Waals surface area contributed by atoms with E-state index >= 15 is 0 Å². The van der Waals surface area contributed by atoms with Crippen molar-refractivity contribution in [2.75, 3.05) is 20.3 Å². The van der Waals surface area contributed by atoms with E-state index in [1.54, 1.807) is 13.8 Å². The largest absolute Gasteiger partial charge is 0.496 e. The SMILES string of the molecule is COc1cc(C(C)C)c(Cc2ccc(/C=C/C(C)(C)C(=O)NC(C)(C)CO)cc2)cc1[C@@H]1O[C@H](CO)[C@@H](O)[C@H](O)[C@H]1O. The number of benzene rings is 2. The summed E-state index contributed by atoms with van der Waals surface area (Å²) in [5, 5.41) is 53.4. The molecular formula is C33H47NO8. The Balaban J connectivity index is 1.87. The smallest absolute Gasteiger partial charge is 0.229 e. The van der Waals surface area contributed by atoms with Crippen LogP contribution in [0.5, 0.6) is 5.75 Å². The number of nitrogens with one attached hydrogen (secondary N) is 1. The van der Waals surface area contributed by atoms with Gasteiger partial charge in [0.05, 0.1) is 31.3 Å².